The van der Waals surface area contributed by atoms with Gasteiger partial charge in [0.05, 0.1) is 6.61 Å². The lowest BCUT2D eigenvalue weighted by atomic mass is 9.96. The van der Waals surface area contributed by atoms with Crippen molar-refractivity contribution in [2.45, 2.75) is 13.3 Å². The van der Waals surface area contributed by atoms with Crippen LogP contribution in [0.25, 0.3) is 0 Å². The molecule has 0 N–H and O–H groups in total. The molecule has 2 rings (SSSR count). The summed E-state index contributed by atoms with van der Waals surface area (Å²) in [4.78, 5) is 23.0. The van der Waals surface area contributed by atoms with Gasteiger partial charge in [-0.15, -0.1) is 0 Å². The first-order valence-electron chi connectivity index (χ1n) is 5.18. The van der Waals surface area contributed by atoms with Crippen molar-refractivity contribution in [1.82, 2.24) is 0 Å². The van der Waals surface area contributed by atoms with Crippen LogP contribution in [0.4, 0.5) is 0 Å². The van der Waals surface area contributed by atoms with Crippen molar-refractivity contribution < 1.29 is 19.1 Å². The number of esters is 2. The first-order valence-corrected chi connectivity index (χ1v) is 5.18. The Morgan fingerprint density at radius 1 is 1.50 bits per heavy atom. The van der Waals surface area contributed by atoms with E-state index in [1.807, 2.05) is 12.1 Å². The van der Waals surface area contributed by atoms with Crippen LogP contribution in [-0.4, -0.2) is 18.5 Å². The van der Waals surface area contributed by atoms with Crippen molar-refractivity contribution in [3.05, 3.63) is 29.8 Å². The average Bonchev–Trinajstić information content (AvgIpc) is 2.28. The average molecular weight is 220 g/mol. The van der Waals surface area contributed by atoms with E-state index in [1.54, 1.807) is 19.1 Å². The normalized spacial score (nSPS) is 18.6. The summed E-state index contributed by atoms with van der Waals surface area (Å²) in [6.45, 7) is 1.98. The third kappa shape index (κ3) is 1.91. The zero-order valence-corrected chi connectivity index (χ0v) is 8.93. The van der Waals surface area contributed by atoms with Crippen LogP contribution in [0.5, 0.6) is 5.75 Å². The molecule has 4 nitrogen and oxygen atoms in total. The van der Waals surface area contributed by atoms with Gasteiger partial charge < -0.3 is 9.47 Å². The minimum Gasteiger partial charge on any atom is -0.465 e. The van der Waals surface area contributed by atoms with Crippen LogP contribution in [0.2, 0.25) is 0 Å². The number of rotatable bonds is 2. The lowest BCUT2D eigenvalue weighted by molar-refractivity contribution is -0.157. The molecule has 0 amide bonds. The monoisotopic (exact) mass is 220 g/mol. The molecule has 0 aromatic heterocycles. The topological polar surface area (TPSA) is 52.6 Å². The number of carbonyl (C=O) groups is 2. The molecule has 0 aliphatic carbocycles. The summed E-state index contributed by atoms with van der Waals surface area (Å²) in [5.41, 5.74) is 0.861. The van der Waals surface area contributed by atoms with E-state index in [0.29, 0.717) is 12.2 Å². The summed E-state index contributed by atoms with van der Waals surface area (Å²) in [5, 5.41) is 0. The van der Waals surface area contributed by atoms with E-state index >= 15 is 0 Å². The fourth-order valence-corrected chi connectivity index (χ4v) is 1.68. The third-order valence-corrected chi connectivity index (χ3v) is 2.46. The molecule has 1 atom stereocenters. The first-order chi connectivity index (χ1) is 7.72. The molecule has 1 aliphatic rings. The molecule has 0 fully saturated rings. The van der Waals surface area contributed by atoms with E-state index in [2.05, 4.69) is 0 Å². The molecule has 4 heteroatoms. The fourth-order valence-electron chi connectivity index (χ4n) is 1.68. The van der Waals surface area contributed by atoms with Gasteiger partial charge in [-0.2, -0.15) is 0 Å². The molecule has 1 heterocycles. The quantitative estimate of drug-likeness (QED) is 0.428. The maximum absolute atomic E-state index is 11.6. The summed E-state index contributed by atoms with van der Waals surface area (Å²) in [5.74, 6) is -1.33. The highest BCUT2D eigenvalue weighted by atomic mass is 16.6. The molecule has 0 bridgehead atoms. The molecule has 0 radical (unpaired) electrons. The number of hydrogen-bond acceptors (Lipinski definition) is 4. The zero-order valence-electron chi connectivity index (χ0n) is 8.93. The van der Waals surface area contributed by atoms with Gasteiger partial charge in [0.1, 0.15) is 5.75 Å². The van der Waals surface area contributed by atoms with Gasteiger partial charge in [-0.1, -0.05) is 18.2 Å². The van der Waals surface area contributed by atoms with Crippen LogP contribution < -0.4 is 4.74 Å². The molecular formula is C12H12O4. The van der Waals surface area contributed by atoms with Gasteiger partial charge in [0.15, 0.2) is 5.92 Å². The van der Waals surface area contributed by atoms with Gasteiger partial charge in [0.25, 0.3) is 0 Å². The third-order valence-electron chi connectivity index (χ3n) is 2.46. The molecule has 1 unspecified atom stereocenters. The van der Waals surface area contributed by atoms with E-state index in [1.165, 1.54) is 0 Å². The van der Waals surface area contributed by atoms with Crippen molar-refractivity contribution >= 4 is 11.9 Å². The summed E-state index contributed by atoms with van der Waals surface area (Å²) in [6.07, 6.45) is 0.355. The Morgan fingerprint density at radius 2 is 2.25 bits per heavy atom. The molecule has 0 spiro atoms. The highest BCUT2D eigenvalue weighted by Gasteiger charge is 2.35. The molecule has 1 aliphatic heterocycles. The predicted octanol–water partition coefficient (Wildman–Crippen LogP) is 1.33. The zero-order chi connectivity index (χ0) is 11.5. The fraction of sp³-hybridized carbons (Fsp3) is 0.333. The van der Waals surface area contributed by atoms with Crippen molar-refractivity contribution in [3.8, 4) is 5.75 Å². The Balaban J connectivity index is 2.21. The summed E-state index contributed by atoms with van der Waals surface area (Å²) in [6, 6.07) is 7.19. The van der Waals surface area contributed by atoms with Crippen LogP contribution >= 0.6 is 0 Å². The molecule has 1 aromatic carbocycles. The van der Waals surface area contributed by atoms with Gasteiger partial charge >= 0.3 is 11.9 Å². The highest BCUT2D eigenvalue weighted by molar-refractivity contribution is 5.97. The van der Waals surface area contributed by atoms with Gasteiger partial charge in [-0.25, -0.2) is 0 Å². The van der Waals surface area contributed by atoms with Crippen molar-refractivity contribution in [1.29, 1.82) is 0 Å². The molecular weight excluding hydrogens is 208 g/mol. The van der Waals surface area contributed by atoms with E-state index < -0.39 is 17.9 Å². The van der Waals surface area contributed by atoms with E-state index in [9.17, 15) is 9.59 Å². The Kier molecular flexibility index (Phi) is 2.90. The lowest BCUT2D eigenvalue weighted by Crippen LogP contribution is -2.34. The maximum atomic E-state index is 11.6. The van der Waals surface area contributed by atoms with Crippen LogP contribution in [0.3, 0.4) is 0 Å². The van der Waals surface area contributed by atoms with Crippen molar-refractivity contribution in [2.24, 2.45) is 5.92 Å². The first kappa shape index (κ1) is 10.7. The molecule has 0 saturated heterocycles. The van der Waals surface area contributed by atoms with E-state index in [0.717, 1.165) is 5.56 Å². The molecule has 0 saturated carbocycles. The van der Waals surface area contributed by atoms with Crippen LogP contribution in [0, 0.1) is 5.92 Å². The summed E-state index contributed by atoms with van der Waals surface area (Å²) >= 11 is 0. The summed E-state index contributed by atoms with van der Waals surface area (Å²) in [7, 11) is 0. The van der Waals surface area contributed by atoms with Gasteiger partial charge in [0.2, 0.25) is 0 Å². The Hall–Kier alpha value is -1.84. The van der Waals surface area contributed by atoms with Crippen molar-refractivity contribution in [3.63, 3.8) is 0 Å². The number of benzene rings is 1. The Labute approximate surface area is 93.2 Å². The van der Waals surface area contributed by atoms with Crippen LogP contribution in [0.15, 0.2) is 24.3 Å². The molecule has 16 heavy (non-hydrogen) atoms. The van der Waals surface area contributed by atoms with Gasteiger partial charge in [-0.3, -0.25) is 9.59 Å². The predicted molar refractivity (Wildman–Crippen MR) is 55.9 cm³/mol. The van der Waals surface area contributed by atoms with Crippen LogP contribution in [0.1, 0.15) is 12.5 Å². The highest BCUT2D eigenvalue weighted by Crippen LogP contribution is 2.28. The Morgan fingerprint density at radius 3 is 3.00 bits per heavy atom. The number of ether oxygens (including phenoxy) is 2. The second kappa shape index (κ2) is 4.35. The van der Waals surface area contributed by atoms with Gasteiger partial charge in [-0.05, 0) is 18.6 Å². The second-order valence-electron chi connectivity index (χ2n) is 3.54. The number of hydrogen-bond donors (Lipinski definition) is 0. The van der Waals surface area contributed by atoms with Crippen LogP contribution in [-0.2, 0) is 20.7 Å². The van der Waals surface area contributed by atoms with E-state index in [4.69, 9.17) is 9.47 Å². The second-order valence-corrected chi connectivity index (χ2v) is 3.54. The number of carbonyl (C=O) groups excluding carboxylic acids is 2. The maximum Gasteiger partial charge on any atom is 0.326 e. The van der Waals surface area contributed by atoms with Gasteiger partial charge in [0, 0.05) is 6.42 Å². The number of para-hydroxylation sites is 1. The number of fused-ring (bicyclic) bond motifs is 1. The molecule has 84 valence electrons. The standard InChI is InChI=1S/C12H12O4/c1-2-15-11(13)9-7-8-5-3-4-6-10(8)16-12(9)14/h3-6,9H,2,7H2,1H3. The smallest absolute Gasteiger partial charge is 0.326 e. The van der Waals surface area contributed by atoms with Crippen molar-refractivity contribution in [2.75, 3.05) is 6.61 Å². The largest absolute Gasteiger partial charge is 0.465 e. The SMILES string of the molecule is CCOC(=O)C1Cc2ccccc2OC1=O. The minimum absolute atomic E-state index is 0.268. The lowest BCUT2D eigenvalue weighted by Gasteiger charge is -2.21. The molecule has 1 aromatic rings. The van der Waals surface area contributed by atoms with E-state index in [-0.39, 0.29) is 6.61 Å². The summed E-state index contributed by atoms with van der Waals surface area (Å²) < 4.78 is 9.90. The minimum atomic E-state index is -0.824. The Bertz CT molecular complexity index is 425.